The molecule has 0 aliphatic heterocycles. The van der Waals surface area contributed by atoms with Crippen molar-refractivity contribution < 1.29 is 23.1 Å². The third-order valence-electron chi connectivity index (χ3n) is 5.34. The van der Waals surface area contributed by atoms with Crippen LogP contribution in [0, 0.1) is 28.6 Å². The summed E-state index contributed by atoms with van der Waals surface area (Å²) < 4.78 is 37.4. The van der Waals surface area contributed by atoms with Crippen LogP contribution in [0.25, 0.3) is 0 Å². The summed E-state index contributed by atoms with van der Waals surface area (Å²) in [7, 11) is 0. The standard InChI is InChI=1S/C16H23F3O2/c1-13(2)12(11-20)7-10-14(13,3)8-5-6-9-15(4,21)16(17,18)19/h11-12,21H,5,7-8,10H2,1-4H3/t12-,14-,15?/m0/s1. The largest absolute Gasteiger partial charge is 0.428 e. The van der Waals surface area contributed by atoms with E-state index in [2.05, 4.69) is 12.8 Å². The minimum Gasteiger partial charge on any atom is -0.370 e. The van der Waals surface area contributed by atoms with Crippen LogP contribution in [0.2, 0.25) is 0 Å². The Morgan fingerprint density at radius 1 is 1.33 bits per heavy atom. The Balaban J connectivity index is 2.72. The molecule has 0 spiro atoms. The number of rotatable bonds is 3. The molecule has 1 rings (SSSR count). The first kappa shape index (κ1) is 18.0. The maximum absolute atomic E-state index is 12.5. The van der Waals surface area contributed by atoms with Gasteiger partial charge in [-0.3, -0.25) is 0 Å². The van der Waals surface area contributed by atoms with E-state index in [9.17, 15) is 23.1 Å². The highest BCUT2D eigenvalue weighted by molar-refractivity contribution is 5.56. The molecule has 1 aliphatic carbocycles. The zero-order chi connectivity index (χ0) is 16.5. The second-order valence-electron chi connectivity index (χ2n) is 6.94. The Labute approximate surface area is 124 Å². The highest BCUT2D eigenvalue weighted by atomic mass is 19.4. The molecule has 0 aromatic carbocycles. The van der Waals surface area contributed by atoms with Crippen molar-refractivity contribution in [3.8, 4) is 11.8 Å². The quantitative estimate of drug-likeness (QED) is 0.637. The van der Waals surface area contributed by atoms with E-state index < -0.39 is 11.8 Å². The van der Waals surface area contributed by atoms with Gasteiger partial charge in [-0.05, 0) is 37.0 Å². The van der Waals surface area contributed by atoms with Crippen LogP contribution < -0.4 is 0 Å². The maximum atomic E-state index is 12.5. The normalized spacial score (nSPS) is 31.1. The minimum absolute atomic E-state index is 0.0197. The lowest BCUT2D eigenvalue weighted by Gasteiger charge is -2.40. The third kappa shape index (κ3) is 3.42. The molecule has 0 aromatic heterocycles. The van der Waals surface area contributed by atoms with E-state index in [1.807, 2.05) is 19.8 Å². The summed E-state index contributed by atoms with van der Waals surface area (Å²) in [5.41, 5.74) is -3.29. The first-order valence-corrected chi connectivity index (χ1v) is 7.12. The summed E-state index contributed by atoms with van der Waals surface area (Å²) in [6.45, 7) is 6.76. The number of carbonyl (C=O) groups is 1. The van der Waals surface area contributed by atoms with E-state index in [0.717, 1.165) is 19.1 Å². The van der Waals surface area contributed by atoms with Gasteiger partial charge in [0.1, 0.15) is 6.29 Å². The fourth-order valence-corrected chi connectivity index (χ4v) is 2.93. The summed E-state index contributed by atoms with van der Waals surface area (Å²) in [6, 6.07) is 0. The predicted molar refractivity (Wildman–Crippen MR) is 74.4 cm³/mol. The lowest BCUT2D eigenvalue weighted by atomic mass is 9.64. The van der Waals surface area contributed by atoms with Crippen molar-refractivity contribution in [3.05, 3.63) is 0 Å². The molecule has 0 radical (unpaired) electrons. The lowest BCUT2D eigenvalue weighted by molar-refractivity contribution is -0.228. The molecule has 0 amide bonds. The van der Waals surface area contributed by atoms with E-state index in [1.54, 1.807) is 0 Å². The topological polar surface area (TPSA) is 37.3 Å². The van der Waals surface area contributed by atoms with E-state index in [1.165, 1.54) is 0 Å². The SMILES string of the molecule is CC(O)(C#CCC[C@@]1(C)CC[C@@H](C=O)C1(C)C)C(F)(F)F. The number of hydrogen-bond acceptors (Lipinski definition) is 2. The van der Waals surface area contributed by atoms with Crippen molar-refractivity contribution in [1.29, 1.82) is 0 Å². The van der Waals surface area contributed by atoms with Gasteiger partial charge in [-0.2, -0.15) is 13.2 Å². The number of carbonyl (C=O) groups excluding carboxylic acids is 1. The van der Waals surface area contributed by atoms with Crippen LogP contribution in [0.15, 0.2) is 0 Å². The highest BCUT2D eigenvalue weighted by Crippen LogP contribution is 2.57. The summed E-state index contributed by atoms with van der Waals surface area (Å²) in [5.74, 6) is 4.33. The van der Waals surface area contributed by atoms with Gasteiger partial charge in [-0.1, -0.05) is 32.6 Å². The second kappa shape index (κ2) is 5.64. The van der Waals surface area contributed by atoms with Crippen LogP contribution in [0.4, 0.5) is 13.2 Å². The molecule has 0 saturated heterocycles. The molecule has 0 aromatic rings. The van der Waals surface area contributed by atoms with Crippen molar-refractivity contribution in [2.24, 2.45) is 16.7 Å². The van der Waals surface area contributed by atoms with Gasteiger partial charge >= 0.3 is 6.18 Å². The fourth-order valence-electron chi connectivity index (χ4n) is 2.93. The first-order valence-electron chi connectivity index (χ1n) is 7.12. The van der Waals surface area contributed by atoms with Crippen molar-refractivity contribution in [2.75, 3.05) is 0 Å². The average molecular weight is 304 g/mol. The molecule has 5 heteroatoms. The monoisotopic (exact) mass is 304 g/mol. The van der Waals surface area contributed by atoms with E-state index in [0.29, 0.717) is 13.3 Å². The minimum atomic E-state index is -4.75. The van der Waals surface area contributed by atoms with Gasteiger partial charge in [0.25, 0.3) is 0 Å². The number of aldehydes is 1. The zero-order valence-electron chi connectivity index (χ0n) is 13.0. The van der Waals surface area contributed by atoms with E-state index >= 15 is 0 Å². The number of halogens is 3. The highest BCUT2D eigenvalue weighted by Gasteiger charge is 2.51. The summed E-state index contributed by atoms with van der Waals surface area (Å²) in [6.07, 6.45) is -1.21. The van der Waals surface area contributed by atoms with Gasteiger partial charge in [-0.25, -0.2) is 0 Å². The molecule has 1 unspecified atom stereocenters. The Kier molecular flexibility index (Phi) is 4.84. The van der Waals surface area contributed by atoms with Gasteiger partial charge in [0.2, 0.25) is 5.60 Å². The molecule has 1 saturated carbocycles. The molecular weight excluding hydrogens is 281 g/mol. The number of alkyl halides is 3. The average Bonchev–Trinajstić information content (AvgIpc) is 2.55. The summed E-state index contributed by atoms with van der Waals surface area (Å²) >= 11 is 0. The molecule has 2 nitrogen and oxygen atoms in total. The van der Waals surface area contributed by atoms with Crippen molar-refractivity contribution in [1.82, 2.24) is 0 Å². The van der Waals surface area contributed by atoms with Gasteiger partial charge in [0, 0.05) is 12.3 Å². The molecule has 1 N–H and O–H groups in total. The zero-order valence-corrected chi connectivity index (χ0v) is 13.0. The van der Waals surface area contributed by atoms with Gasteiger partial charge in [-0.15, -0.1) is 0 Å². The second-order valence-corrected chi connectivity index (χ2v) is 6.94. The van der Waals surface area contributed by atoms with Gasteiger partial charge < -0.3 is 9.90 Å². The molecule has 1 fully saturated rings. The van der Waals surface area contributed by atoms with Crippen molar-refractivity contribution >= 4 is 6.29 Å². The predicted octanol–water partition coefficient (Wildman–Crippen LogP) is 3.72. The number of aliphatic hydroxyl groups is 1. The van der Waals surface area contributed by atoms with Crippen molar-refractivity contribution in [2.45, 2.75) is 65.2 Å². The molecule has 120 valence electrons. The van der Waals surface area contributed by atoms with Crippen molar-refractivity contribution in [3.63, 3.8) is 0 Å². The molecule has 21 heavy (non-hydrogen) atoms. The van der Waals surface area contributed by atoms with Crippen LogP contribution in [-0.4, -0.2) is 23.2 Å². The van der Waals surface area contributed by atoms with Crippen LogP contribution in [-0.2, 0) is 4.79 Å². The van der Waals surface area contributed by atoms with Crippen LogP contribution in [0.5, 0.6) is 0 Å². The van der Waals surface area contributed by atoms with E-state index in [4.69, 9.17) is 0 Å². The van der Waals surface area contributed by atoms with E-state index in [-0.39, 0.29) is 23.2 Å². The molecular formula is C16H23F3O2. The number of hydrogen-bond donors (Lipinski definition) is 1. The Morgan fingerprint density at radius 2 is 1.90 bits per heavy atom. The van der Waals surface area contributed by atoms with Crippen LogP contribution in [0.1, 0.15) is 53.4 Å². The Morgan fingerprint density at radius 3 is 2.33 bits per heavy atom. The third-order valence-corrected chi connectivity index (χ3v) is 5.34. The summed E-state index contributed by atoms with van der Waals surface area (Å²) in [4.78, 5) is 11.1. The van der Waals surface area contributed by atoms with Gasteiger partial charge in [0.05, 0.1) is 0 Å². The lowest BCUT2D eigenvalue weighted by Crippen LogP contribution is -2.40. The summed E-state index contributed by atoms with van der Waals surface area (Å²) in [5, 5.41) is 9.25. The molecule has 0 bridgehead atoms. The van der Waals surface area contributed by atoms with Crippen LogP contribution >= 0.6 is 0 Å². The Bertz CT molecular complexity index is 454. The fraction of sp³-hybridized carbons (Fsp3) is 0.812. The molecule has 0 heterocycles. The first-order chi connectivity index (χ1) is 9.37. The smallest absolute Gasteiger partial charge is 0.370 e. The maximum Gasteiger partial charge on any atom is 0.428 e. The van der Waals surface area contributed by atoms with Crippen LogP contribution in [0.3, 0.4) is 0 Å². The Hall–Kier alpha value is -1.02. The molecule has 3 atom stereocenters. The molecule has 1 aliphatic rings. The van der Waals surface area contributed by atoms with Gasteiger partial charge in [0.15, 0.2) is 0 Å².